The van der Waals surface area contributed by atoms with Gasteiger partial charge in [0.1, 0.15) is 0 Å². The molecule has 0 amide bonds. The zero-order valence-corrected chi connectivity index (χ0v) is 13.7. The number of hydrogen-bond donors (Lipinski definition) is 2. The van der Waals surface area contributed by atoms with Crippen LogP contribution in [0.3, 0.4) is 0 Å². The molecule has 5 nitrogen and oxygen atoms in total. The summed E-state index contributed by atoms with van der Waals surface area (Å²) in [6.45, 7) is 1.39. The van der Waals surface area contributed by atoms with Crippen LogP contribution in [0.5, 0.6) is 0 Å². The maximum absolute atomic E-state index is 10.4. The fourth-order valence-electron chi connectivity index (χ4n) is 1.82. The van der Waals surface area contributed by atoms with E-state index in [0.29, 0.717) is 27.0 Å². The smallest absolute Gasteiger partial charge is 0.344 e. The number of anilines is 2. The number of halogens is 2. The predicted molar refractivity (Wildman–Crippen MR) is 92.1 cm³/mol. The van der Waals surface area contributed by atoms with Crippen LogP contribution in [0, 0.1) is 6.92 Å². The van der Waals surface area contributed by atoms with Crippen molar-refractivity contribution in [1.82, 2.24) is 0 Å². The van der Waals surface area contributed by atoms with Gasteiger partial charge in [-0.2, -0.15) is 0 Å². The molecule has 0 aromatic heterocycles. The predicted octanol–water partition coefficient (Wildman–Crippen LogP) is 4.48. The largest absolute Gasteiger partial charge is 0.479 e. The van der Waals surface area contributed by atoms with Crippen molar-refractivity contribution in [1.29, 1.82) is 0 Å². The first-order chi connectivity index (χ1) is 11.0. The number of oxime groups is 1. The molecule has 7 heteroatoms. The summed E-state index contributed by atoms with van der Waals surface area (Å²) < 4.78 is 0. The number of aliphatic carboxylic acids is 1. The van der Waals surface area contributed by atoms with Crippen molar-refractivity contribution in [2.75, 3.05) is 11.9 Å². The quantitative estimate of drug-likeness (QED) is 0.593. The molecule has 0 unspecified atom stereocenters. The van der Waals surface area contributed by atoms with Crippen LogP contribution in [0.1, 0.15) is 11.1 Å². The molecule has 0 radical (unpaired) electrons. The maximum atomic E-state index is 10.4. The molecule has 0 aliphatic heterocycles. The number of carboxylic acid groups (broad SMARTS) is 1. The summed E-state index contributed by atoms with van der Waals surface area (Å²) in [6, 6.07) is 10.9. The summed E-state index contributed by atoms with van der Waals surface area (Å²) in [6.07, 6.45) is 1.42. The zero-order chi connectivity index (χ0) is 16.8. The molecule has 0 aliphatic rings. The summed E-state index contributed by atoms with van der Waals surface area (Å²) in [4.78, 5) is 15.0. The SMILES string of the molecule is Cc1ccc(Cl)c(Nc2ccccc2/C=N\OCC(=O)O)c1Cl. The second kappa shape index (κ2) is 7.85. The van der Waals surface area contributed by atoms with Crippen LogP contribution in [0.25, 0.3) is 0 Å². The number of carboxylic acids is 1. The molecule has 2 rings (SSSR count). The van der Waals surface area contributed by atoms with Crippen LogP contribution in [-0.2, 0) is 9.63 Å². The normalized spacial score (nSPS) is 10.7. The van der Waals surface area contributed by atoms with Crippen LogP contribution in [0.4, 0.5) is 11.4 Å². The first kappa shape index (κ1) is 17.1. The molecule has 0 saturated carbocycles. The Labute approximate surface area is 143 Å². The third-order valence-corrected chi connectivity index (χ3v) is 3.76. The van der Waals surface area contributed by atoms with Crippen molar-refractivity contribution in [3.63, 3.8) is 0 Å². The fraction of sp³-hybridized carbons (Fsp3) is 0.125. The Balaban J connectivity index is 2.25. The number of para-hydroxylation sites is 1. The lowest BCUT2D eigenvalue weighted by Crippen LogP contribution is -2.03. The van der Waals surface area contributed by atoms with E-state index in [4.69, 9.17) is 28.3 Å². The lowest BCUT2D eigenvalue weighted by atomic mass is 10.1. The minimum absolute atomic E-state index is 0.495. The molecular formula is C16H14Cl2N2O3. The van der Waals surface area contributed by atoms with Crippen LogP contribution >= 0.6 is 23.2 Å². The van der Waals surface area contributed by atoms with E-state index in [1.807, 2.05) is 31.2 Å². The minimum atomic E-state index is -1.09. The Hall–Kier alpha value is -2.24. The van der Waals surface area contributed by atoms with Gasteiger partial charge in [-0.1, -0.05) is 52.6 Å². The molecule has 0 saturated heterocycles. The second-order valence-corrected chi connectivity index (χ2v) is 5.45. The van der Waals surface area contributed by atoms with Gasteiger partial charge in [-0.15, -0.1) is 0 Å². The molecule has 2 aromatic carbocycles. The van der Waals surface area contributed by atoms with Gasteiger partial charge in [0.25, 0.3) is 0 Å². The van der Waals surface area contributed by atoms with Crippen LogP contribution < -0.4 is 5.32 Å². The zero-order valence-electron chi connectivity index (χ0n) is 12.2. The Morgan fingerprint density at radius 3 is 2.78 bits per heavy atom. The third kappa shape index (κ3) is 4.61. The molecule has 0 aliphatic carbocycles. The average molecular weight is 353 g/mol. The Bertz CT molecular complexity index is 748. The molecule has 0 spiro atoms. The van der Waals surface area contributed by atoms with Crippen LogP contribution in [0.2, 0.25) is 10.0 Å². The van der Waals surface area contributed by atoms with E-state index in [-0.39, 0.29) is 0 Å². The molecule has 0 heterocycles. The Kier molecular flexibility index (Phi) is 5.84. The van der Waals surface area contributed by atoms with Gasteiger partial charge < -0.3 is 15.3 Å². The van der Waals surface area contributed by atoms with Gasteiger partial charge in [0, 0.05) is 11.3 Å². The van der Waals surface area contributed by atoms with Gasteiger partial charge in [-0.3, -0.25) is 0 Å². The first-order valence-electron chi connectivity index (χ1n) is 6.67. The lowest BCUT2D eigenvalue weighted by molar-refractivity contribution is -0.142. The van der Waals surface area contributed by atoms with Crippen LogP contribution in [0.15, 0.2) is 41.6 Å². The van der Waals surface area contributed by atoms with Gasteiger partial charge in [0.2, 0.25) is 6.61 Å². The van der Waals surface area contributed by atoms with Gasteiger partial charge in [-0.25, -0.2) is 4.79 Å². The third-order valence-electron chi connectivity index (χ3n) is 2.96. The standard InChI is InChI=1S/C16H14Cl2N2O3/c1-10-6-7-12(17)16(15(10)18)20-13-5-3-2-4-11(13)8-19-23-9-14(21)22/h2-8,20H,9H2,1H3,(H,21,22)/b19-8-. The average Bonchev–Trinajstić information content (AvgIpc) is 2.53. The Morgan fingerprint density at radius 1 is 1.30 bits per heavy atom. The second-order valence-electron chi connectivity index (χ2n) is 4.67. The summed E-state index contributed by atoms with van der Waals surface area (Å²) in [5.74, 6) is -1.09. The lowest BCUT2D eigenvalue weighted by Gasteiger charge is -2.14. The topological polar surface area (TPSA) is 70.9 Å². The monoisotopic (exact) mass is 352 g/mol. The molecule has 23 heavy (non-hydrogen) atoms. The molecule has 2 N–H and O–H groups in total. The summed E-state index contributed by atoms with van der Waals surface area (Å²) >= 11 is 12.5. The number of aryl methyl sites for hydroxylation is 1. The first-order valence-corrected chi connectivity index (χ1v) is 7.42. The molecule has 2 aromatic rings. The number of hydrogen-bond acceptors (Lipinski definition) is 4. The number of nitrogens with one attached hydrogen (secondary N) is 1. The summed E-state index contributed by atoms with van der Waals surface area (Å²) in [5.41, 5.74) is 2.91. The highest BCUT2D eigenvalue weighted by Crippen LogP contribution is 2.35. The van der Waals surface area contributed by atoms with E-state index in [1.54, 1.807) is 12.1 Å². The number of rotatable bonds is 6. The summed E-state index contributed by atoms with van der Waals surface area (Å²) in [7, 11) is 0. The van der Waals surface area contributed by atoms with Crippen molar-refractivity contribution in [2.24, 2.45) is 5.16 Å². The summed E-state index contributed by atoms with van der Waals surface area (Å²) in [5, 5.41) is 16.3. The van der Waals surface area contributed by atoms with E-state index >= 15 is 0 Å². The highest BCUT2D eigenvalue weighted by Gasteiger charge is 2.10. The number of benzene rings is 2. The fourth-order valence-corrected chi connectivity index (χ4v) is 2.28. The maximum Gasteiger partial charge on any atom is 0.344 e. The molecule has 120 valence electrons. The van der Waals surface area contributed by atoms with Crippen molar-refractivity contribution in [3.8, 4) is 0 Å². The minimum Gasteiger partial charge on any atom is -0.479 e. The van der Waals surface area contributed by atoms with E-state index in [9.17, 15) is 4.79 Å². The van der Waals surface area contributed by atoms with Crippen molar-refractivity contribution < 1.29 is 14.7 Å². The Morgan fingerprint density at radius 2 is 2.04 bits per heavy atom. The van der Waals surface area contributed by atoms with E-state index in [2.05, 4.69) is 15.3 Å². The van der Waals surface area contributed by atoms with E-state index in [0.717, 1.165) is 5.56 Å². The number of nitrogens with zero attached hydrogens (tertiary/aromatic N) is 1. The van der Waals surface area contributed by atoms with Crippen molar-refractivity contribution in [2.45, 2.75) is 6.92 Å². The molecular weight excluding hydrogens is 339 g/mol. The molecule has 0 bridgehead atoms. The van der Waals surface area contributed by atoms with E-state index in [1.165, 1.54) is 6.21 Å². The van der Waals surface area contributed by atoms with Crippen LogP contribution in [-0.4, -0.2) is 23.9 Å². The molecule has 0 atom stereocenters. The van der Waals surface area contributed by atoms with Gasteiger partial charge in [0.15, 0.2) is 0 Å². The van der Waals surface area contributed by atoms with Gasteiger partial charge in [-0.05, 0) is 24.6 Å². The van der Waals surface area contributed by atoms with Gasteiger partial charge in [0.05, 0.1) is 21.9 Å². The highest BCUT2D eigenvalue weighted by molar-refractivity contribution is 6.39. The van der Waals surface area contributed by atoms with Crippen molar-refractivity contribution in [3.05, 3.63) is 57.6 Å². The molecule has 0 fully saturated rings. The highest BCUT2D eigenvalue weighted by atomic mass is 35.5. The van der Waals surface area contributed by atoms with Crippen molar-refractivity contribution >= 4 is 46.8 Å². The number of carbonyl (C=O) groups is 1. The van der Waals surface area contributed by atoms with E-state index < -0.39 is 12.6 Å². The van der Waals surface area contributed by atoms with Gasteiger partial charge >= 0.3 is 5.97 Å².